The summed E-state index contributed by atoms with van der Waals surface area (Å²) in [5.74, 6) is -2.69. The lowest BCUT2D eigenvalue weighted by molar-refractivity contribution is -0.139. The number of halogens is 1. The van der Waals surface area contributed by atoms with Gasteiger partial charge in [-0.25, -0.2) is 9.59 Å². The molecule has 1 aliphatic rings. The Bertz CT molecular complexity index is 1230. The summed E-state index contributed by atoms with van der Waals surface area (Å²) < 4.78 is 20.7. The van der Waals surface area contributed by atoms with E-state index in [9.17, 15) is 14.9 Å². The molecule has 1 unspecified atom stereocenters. The van der Waals surface area contributed by atoms with Crippen molar-refractivity contribution in [2.45, 2.75) is 12.2 Å². The smallest absolute Gasteiger partial charge is 0.355 e. The van der Waals surface area contributed by atoms with Crippen LogP contribution in [-0.2, 0) is 28.5 Å². The highest BCUT2D eigenvalue weighted by atomic mass is 35.5. The summed E-state index contributed by atoms with van der Waals surface area (Å²) in [4.78, 5) is 27.5. The van der Waals surface area contributed by atoms with Crippen molar-refractivity contribution in [3.8, 4) is 6.07 Å². The van der Waals surface area contributed by atoms with Gasteiger partial charge in [0, 0.05) is 30.5 Å². The van der Waals surface area contributed by atoms with Crippen molar-refractivity contribution in [3.63, 3.8) is 0 Å². The molecule has 182 valence electrons. The first-order valence-corrected chi connectivity index (χ1v) is 10.7. The first-order valence-electron chi connectivity index (χ1n) is 10.3. The molecule has 2 N–H and O–H groups in total. The van der Waals surface area contributed by atoms with Crippen molar-refractivity contribution >= 4 is 29.2 Å². The highest BCUT2D eigenvalue weighted by Crippen LogP contribution is 2.44. The topological polar surface area (TPSA) is 124 Å². The van der Waals surface area contributed by atoms with Gasteiger partial charge < -0.3 is 24.7 Å². The second kappa shape index (κ2) is 11.1. The average molecular weight is 498 g/mol. The van der Waals surface area contributed by atoms with Crippen LogP contribution >= 0.6 is 11.6 Å². The molecule has 2 aromatic carbocycles. The molecule has 0 saturated heterocycles. The number of benzene rings is 2. The lowest BCUT2D eigenvalue weighted by Crippen LogP contribution is -2.40. The van der Waals surface area contributed by atoms with Gasteiger partial charge in [-0.15, -0.1) is 0 Å². The van der Waals surface area contributed by atoms with Crippen LogP contribution in [0.3, 0.4) is 0 Å². The van der Waals surface area contributed by atoms with Gasteiger partial charge in [-0.1, -0.05) is 41.9 Å². The highest BCUT2D eigenvalue weighted by molar-refractivity contribution is 6.31. The number of anilines is 1. The Morgan fingerprint density at radius 3 is 2.20 bits per heavy atom. The SMILES string of the molecule is COC(=O)C1=C(C(=O)OC)N(c2ccc(Cl)c(C(OC)OC)c2)C(N)=C(C#N)C1c1ccccc1. The number of carbonyl (C=O) groups excluding carboxylic acids is 2. The maximum absolute atomic E-state index is 13.1. The van der Waals surface area contributed by atoms with Gasteiger partial charge in [0.05, 0.1) is 37.4 Å². The van der Waals surface area contributed by atoms with Gasteiger partial charge in [0.2, 0.25) is 0 Å². The fraction of sp³-hybridized carbons (Fsp3) is 0.240. The molecule has 0 spiro atoms. The predicted molar refractivity (Wildman–Crippen MR) is 128 cm³/mol. The molecule has 0 radical (unpaired) electrons. The second-order valence-electron chi connectivity index (χ2n) is 7.34. The molecule has 1 heterocycles. The number of nitriles is 1. The van der Waals surface area contributed by atoms with Gasteiger partial charge in [0.25, 0.3) is 0 Å². The Kier molecular flexibility index (Phi) is 8.14. The van der Waals surface area contributed by atoms with Gasteiger partial charge in [-0.2, -0.15) is 5.26 Å². The first-order chi connectivity index (χ1) is 16.8. The van der Waals surface area contributed by atoms with Crippen LogP contribution in [0.5, 0.6) is 0 Å². The number of nitrogens with zero attached hydrogens (tertiary/aromatic N) is 2. The van der Waals surface area contributed by atoms with E-state index in [0.717, 1.165) is 0 Å². The maximum atomic E-state index is 13.1. The molecular formula is C25H24ClN3O6. The summed E-state index contributed by atoms with van der Waals surface area (Å²) in [6, 6.07) is 15.6. The first kappa shape index (κ1) is 25.8. The van der Waals surface area contributed by atoms with Crippen LogP contribution in [0.15, 0.2) is 71.2 Å². The maximum Gasteiger partial charge on any atom is 0.355 e. The van der Waals surface area contributed by atoms with E-state index in [4.69, 9.17) is 36.3 Å². The number of ether oxygens (including phenoxy) is 4. The van der Waals surface area contributed by atoms with Crippen LogP contribution in [-0.4, -0.2) is 40.4 Å². The van der Waals surface area contributed by atoms with Crippen molar-refractivity contribution in [3.05, 3.63) is 87.3 Å². The fourth-order valence-electron chi connectivity index (χ4n) is 3.98. The quantitative estimate of drug-likeness (QED) is 0.451. The van der Waals surface area contributed by atoms with Crippen molar-refractivity contribution in [2.24, 2.45) is 5.73 Å². The molecule has 1 atom stereocenters. The van der Waals surface area contributed by atoms with Crippen LogP contribution in [0.1, 0.15) is 23.3 Å². The largest absolute Gasteiger partial charge is 0.466 e. The molecule has 0 bridgehead atoms. The summed E-state index contributed by atoms with van der Waals surface area (Å²) >= 11 is 6.36. The fourth-order valence-corrected chi connectivity index (χ4v) is 4.19. The normalized spacial score (nSPS) is 15.8. The number of esters is 2. The van der Waals surface area contributed by atoms with Gasteiger partial charge >= 0.3 is 11.9 Å². The molecular weight excluding hydrogens is 474 g/mol. The zero-order valence-electron chi connectivity index (χ0n) is 19.6. The number of nitrogens with two attached hydrogens (primary N) is 1. The molecule has 2 aromatic rings. The monoisotopic (exact) mass is 497 g/mol. The molecule has 0 amide bonds. The molecule has 35 heavy (non-hydrogen) atoms. The van der Waals surface area contributed by atoms with Gasteiger partial charge in [0.15, 0.2) is 6.29 Å². The molecule has 9 nitrogen and oxygen atoms in total. The van der Waals surface area contributed by atoms with Crippen molar-refractivity contribution in [1.82, 2.24) is 0 Å². The van der Waals surface area contributed by atoms with Crippen LogP contribution in [0.25, 0.3) is 0 Å². The summed E-state index contributed by atoms with van der Waals surface area (Å²) in [6.45, 7) is 0. The molecule has 10 heteroatoms. The van der Waals surface area contributed by atoms with E-state index < -0.39 is 24.1 Å². The lowest BCUT2D eigenvalue weighted by atomic mass is 9.81. The zero-order chi connectivity index (χ0) is 25.7. The van der Waals surface area contributed by atoms with Crippen LogP contribution < -0.4 is 10.6 Å². The van der Waals surface area contributed by atoms with E-state index in [1.165, 1.54) is 33.3 Å². The Balaban J connectivity index is 2.40. The third kappa shape index (κ3) is 4.72. The number of rotatable bonds is 7. The number of hydrogen-bond acceptors (Lipinski definition) is 9. The minimum Gasteiger partial charge on any atom is -0.466 e. The highest BCUT2D eigenvalue weighted by Gasteiger charge is 2.43. The molecule has 0 fully saturated rings. The van der Waals surface area contributed by atoms with Crippen LogP contribution in [0.4, 0.5) is 5.69 Å². The average Bonchev–Trinajstić information content (AvgIpc) is 2.89. The number of hydrogen-bond donors (Lipinski definition) is 1. The van der Waals surface area contributed by atoms with E-state index in [1.807, 2.05) is 0 Å². The molecule has 1 aliphatic heterocycles. The van der Waals surface area contributed by atoms with Crippen molar-refractivity contribution in [1.29, 1.82) is 5.26 Å². The van der Waals surface area contributed by atoms with Gasteiger partial charge in [-0.3, -0.25) is 4.90 Å². The Hall–Kier alpha value is -3.84. The standard InChI is InChI=1S/C25H24ClN3O6/c1-32-23(30)20-19(14-8-6-5-7-9-14)17(13-27)22(28)29(21(20)24(31)33-2)15-10-11-18(26)16(12-15)25(34-3)35-4/h5-12,19,25H,28H2,1-4H3. The molecule has 0 aromatic heterocycles. The summed E-state index contributed by atoms with van der Waals surface area (Å²) in [7, 11) is 5.25. The number of methoxy groups -OCH3 is 4. The van der Waals surface area contributed by atoms with E-state index in [0.29, 0.717) is 21.8 Å². The summed E-state index contributed by atoms with van der Waals surface area (Å²) in [5.41, 5.74) is 7.60. The van der Waals surface area contributed by atoms with Crippen LogP contribution in [0.2, 0.25) is 5.02 Å². The van der Waals surface area contributed by atoms with Gasteiger partial charge in [-0.05, 0) is 23.8 Å². The van der Waals surface area contributed by atoms with Gasteiger partial charge in [0.1, 0.15) is 11.5 Å². The minimum atomic E-state index is -0.962. The molecule has 0 aliphatic carbocycles. The lowest BCUT2D eigenvalue weighted by Gasteiger charge is -2.36. The summed E-state index contributed by atoms with van der Waals surface area (Å²) in [6.07, 6.45) is -0.824. The van der Waals surface area contributed by atoms with E-state index >= 15 is 0 Å². The van der Waals surface area contributed by atoms with Crippen LogP contribution in [0, 0.1) is 11.3 Å². The minimum absolute atomic E-state index is 0.0517. The molecule has 3 rings (SSSR count). The van der Waals surface area contributed by atoms with E-state index in [1.54, 1.807) is 48.5 Å². The second-order valence-corrected chi connectivity index (χ2v) is 7.75. The van der Waals surface area contributed by atoms with Crippen molar-refractivity contribution < 1.29 is 28.5 Å². The Labute approximate surface area is 207 Å². The Morgan fingerprint density at radius 1 is 1.03 bits per heavy atom. The molecule has 0 saturated carbocycles. The number of allylic oxidation sites excluding steroid dienone is 1. The van der Waals surface area contributed by atoms with E-state index in [-0.39, 0.29) is 22.7 Å². The zero-order valence-corrected chi connectivity index (χ0v) is 20.3. The van der Waals surface area contributed by atoms with Crippen molar-refractivity contribution in [2.75, 3.05) is 33.3 Å². The third-order valence-corrected chi connectivity index (χ3v) is 5.87. The number of carbonyl (C=O) groups is 2. The Morgan fingerprint density at radius 2 is 1.66 bits per heavy atom. The predicted octanol–water partition coefficient (Wildman–Crippen LogP) is 3.53. The van der Waals surface area contributed by atoms with E-state index in [2.05, 4.69) is 6.07 Å². The third-order valence-electron chi connectivity index (χ3n) is 5.53. The summed E-state index contributed by atoms with van der Waals surface area (Å²) in [5, 5.41) is 10.4.